The number of piperazine rings is 1. The summed E-state index contributed by atoms with van der Waals surface area (Å²) in [4.78, 5) is 7.03. The zero-order chi connectivity index (χ0) is 23.6. The molecule has 0 bridgehead atoms. The Kier molecular flexibility index (Phi) is 7.35. The van der Waals surface area contributed by atoms with E-state index in [0.717, 1.165) is 16.4 Å². The van der Waals surface area contributed by atoms with Gasteiger partial charge in [-0.1, -0.05) is 29.3 Å². The maximum atomic E-state index is 13.0. The van der Waals surface area contributed by atoms with Crippen LogP contribution in [0.3, 0.4) is 0 Å². The number of aromatic nitrogens is 1. The van der Waals surface area contributed by atoms with Gasteiger partial charge in [0.2, 0.25) is 10.0 Å². The molecule has 1 fully saturated rings. The first-order valence-corrected chi connectivity index (χ1v) is 13.2. The van der Waals surface area contributed by atoms with E-state index in [1.807, 2.05) is 23.6 Å². The van der Waals surface area contributed by atoms with E-state index in [9.17, 15) is 8.42 Å². The van der Waals surface area contributed by atoms with E-state index in [4.69, 9.17) is 37.7 Å². The van der Waals surface area contributed by atoms with Gasteiger partial charge in [0.05, 0.1) is 34.9 Å². The molecule has 0 saturated carbocycles. The molecule has 0 spiro atoms. The number of benzene rings is 2. The fourth-order valence-corrected chi connectivity index (χ4v) is 6.32. The average molecular weight is 528 g/mol. The van der Waals surface area contributed by atoms with E-state index >= 15 is 0 Å². The molecular weight excluding hydrogens is 505 g/mol. The van der Waals surface area contributed by atoms with Crippen LogP contribution in [0.1, 0.15) is 11.3 Å². The highest BCUT2D eigenvalue weighted by Crippen LogP contribution is 2.31. The number of halogens is 2. The summed E-state index contributed by atoms with van der Waals surface area (Å²) in [7, 11) is -0.404. The molecule has 7 nitrogen and oxygen atoms in total. The number of methoxy groups -OCH3 is 2. The van der Waals surface area contributed by atoms with Crippen molar-refractivity contribution in [2.24, 2.45) is 0 Å². The Hall–Kier alpha value is -2.04. The van der Waals surface area contributed by atoms with Gasteiger partial charge in [-0.05, 0) is 35.9 Å². The molecule has 33 heavy (non-hydrogen) atoms. The van der Waals surface area contributed by atoms with Gasteiger partial charge >= 0.3 is 0 Å². The number of sulfonamides is 1. The van der Waals surface area contributed by atoms with Gasteiger partial charge in [0.1, 0.15) is 0 Å². The third-order valence-corrected chi connectivity index (χ3v) is 8.99. The van der Waals surface area contributed by atoms with Crippen molar-refractivity contribution in [1.82, 2.24) is 9.29 Å². The molecule has 3 aromatic rings. The fraction of sp³-hybridized carbons (Fsp3) is 0.318. The summed E-state index contributed by atoms with van der Waals surface area (Å²) in [5.74, 6) is 1.37. The molecule has 1 aliphatic heterocycles. The number of anilines is 1. The van der Waals surface area contributed by atoms with Crippen LogP contribution in [0.4, 0.5) is 5.13 Å². The minimum Gasteiger partial charge on any atom is -0.493 e. The summed E-state index contributed by atoms with van der Waals surface area (Å²) >= 11 is 13.5. The number of nitrogens with zero attached hydrogens (tertiary/aromatic N) is 3. The zero-order valence-corrected chi connectivity index (χ0v) is 21.3. The molecule has 0 aliphatic carbocycles. The minimum absolute atomic E-state index is 0.150. The van der Waals surface area contributed by atoms with E-state index in [2.05, 4.69) is 4.90 Å². The molecular formula is C22H23Cl2N3O4S2. The van der Waals surface area contributed by atoms with Crippen molar-refractivity contribution in [2.75, 3.05) is 45.3 Å². The first-order chi connectivity index (χ1) is 15.8. The van der Waals surface area contributed by atoms with Crippen LogP contribution in [0.15, 0.2) is 46.7 Å². The molecule has 0 unspecified atom stereocenters. The van der Waals surface area contributed by atoms with Gasteiger partial charge in [0, 0.05) is 38.0 Å². The Balaban J connectivity index is 1.40. The van der Waals surface area contributed by atoms with Crippen LogP contribution in [0.5, 0.6) is 11.5 Å². The van der Waals surface area contributed by atoms with Crippen LogP contribution < -0.4 is 14.4 Å². The van der Waals surface area contributed by atoms with E-state index < -0.39 is 10.0 Å². The third kappa shape index (κ3) is 5.22. The predicted octanol–water partition coefficient (Wildman–Crippen LogP) is 4.57. The molecule has 0 radical (unpaired) electrons. The van der Waals surface area contributed by atoms with E-state index in [0.29, 0.717) is 49.1 Å². The standard InChI is InChI=1S/C22H23Cl2N3O4S2/c1-30-20-6-3-15(12-21(20)31-2)11-16-14-32-22(25-16)26-7-9-27(10-8-26)33(28,29)17-4-5-18(23)19(24)13-17/h3-6,12-14H,7-11H2,1-2H3. The van der Waals surface area contributed by atoms with Crippen molar-refractivity contribution in [3.8, 4) is 11.5 Å². The molecule has 1 aromatic heterocycles. The summed E-state index contributed by atoms with van der Waals surface area (Å²) in [6, 6.07) is 10.2. The number of ether oxygens (including phenoxy) is 2. The lowest BCUT2D eigenvalue weighted by atomic mass is 10.1. The van der Waals surface area contributed by atoms with Crippen molar-refractivity contribution < 1.29 is 17.9 Å². The summed E-state index contributed by atoms with van der Waals surface area (Å²) in [6.45, 7) is 1.86. The Bertz CT molecular complexity index is 1240. The summed E-state index contributed by atoms with van der Waals surface area (Å²) in [5.41, 5.74) is 2.02. The van der Waals surface area contributed by atoms with Gasteiger partial charge in [0.15, 0.2) is 16.6 Å². The predicted molar refractivity (Wildman–Crippen MR) is 132 cm³/mol. The summed E-state index contributed by atoms with van der Waals surface area (Å²) in [5, 5.41) is 3.47. The van der Waals surface area contributed by atoms with Crippen molar-refractivity contribution in [3.05, 3.63) is 63.1 Å². The molecule has 1 saturated heterocycles. The molecule has 0 N–H and O–H groups in total. The molecule has 0 atom stereocenters. The van der Waals surface area contributed by atoms with Gasteiger partial charge in [0.25, 0.3) is 0 Å². The van der Waals surface area contributed by atoms with Crippen LogP contribution in [-0.2, 0) is 16.4 Å². The number of rotatable bonds is 7. The molecule has 11 heteroatoms. The Morgan fingerprint density at radius 1 is 0.970 bits per heavy atom. The van der Waals surface area contributed by atoms with Crippen molar-refractivity contribution in [3.63, 3.8) is 0 Å². The Labute approximate surface area is 207 Å². The largest absolute Gasteiger partial charge is 0.493 e. The fourth-order valence-electron chi connectivity index (χ4n) is 3.63. The van der Waals surface area contributed by atoms with Crippen LogP contribution in [-0.4, -0.2) is 58.1 Å². The molecule has 4 rings (SSSR count). The van der Waals surface area contributed by atoms with Crippen LogP contribution in [0, 0.1) is 0 Å². The van der Waals surface area contributed by atoms with Crippen LogP contribution in [0.2, 0.25) is 10.0 Å². The number of thiazole rings is 1. The normalized spacial score (nSPS) is 15.0. The lowest BCUT2D eigenvalue weighted by molar-refractivity contribution is 0.354. The second-order valence-electron chi connectivity index (χ2n) is 7.45. The quantitative estimate of drug-likeness (QED) is 0.448. The van der Waals surface area contributed by atoms with Gasteiger partial charge < -0.3 is 14.4 Å². The third-order valence-electron chi connectivity index (χ3n) is 5.41. The Morgan fingerprint density at radius 2 is 1.70 bits per heavy atom. The van der Waals surface area contributed by atoms with Crippen LogP contribution >= 0.6 is 34.5 Å². The molecule has 2 aromatic carbocycles. The van der Waals surface area contributed by atoms with Gasteiger partial charge in [-0.25, -0.2) is 13.4 Å². The SMILES string of the molecule is COc1ccc(Cc2csc(N3CCN(S(=O)(=O)c4ccc(Cl)c(Cl)c4)CC3)n2)cc1OC. The van der Waals surface area contributed by atoms with Gasteiger partial charge in [-0.15, -0.1) is 11.3 Å². The van der Waals surface area contributed by atoms with Crippen molar-refractivity contribution >= 4 is 49.7 Å². The van der Waals surface area contributed by atoms with E-state index in [-0.39, 0.29) is 9.92 Å². The lowest BCUT2D eigenvalue weighted by Crippen LogP contribution is -2.48. The number of hydrogen-bond donors (Lipinski definition) is 0. The summed E-state index contributed by atoms with van der Waals surface area (Å²) < 4.78 is 38.1. The second kappa shape index (κ2) is 10.1. The highest BCUT2D eigenvalue weighted by atomic mass is 35.5. The van der Waals surface area contributed by atoms with Crippen molar-refractivity contribution in [1.29, 1.82) is 0 Å². The molecule has 2 heterocycles. The van der Waals surface area contributed by atoms with Crippen LogP contribution in [0.25, 0.3) is 0 Å². The maximum Gasteiger partial charge on any atom is 0.243 e. The smallest absolute Gasteiger partial charge is 0.243 e. The maximum absolute atomic E-state index is 13.0. The zero-order valence-electron chi connectivity index (χ0n) is 18.1. The Morgan fingerprint density at radius 3 is 2.36 bits per heavy atom. The lowest BCUT2D eigenvalue weighted by Gasteiger charge is -2.33. The van der Waals surface area contributed by atoms with Gasteiger partial charge in [-0.3, -0.25) is 0 Å². The molecule has 1 aliphatic rings. The van der Waals surface area contributed by atoms with Gasteiger partial charge in [-0.2, -0.15) is 4.31 Å². The van der Waals surface area contributed by atoms with Crippen molar-refractivity contribution in [2.45, 2.75) is 11.3 Å². The first-order valence-electron chi connectivity index (χ1n) is 10.2. The molecule has 176 valence electrons. The highest BCUT2D eigenvalue weighted by Gasteiger charge is 2.29. The minimum atomic E-state index is -3.63. The number of hydrogen-bond acceptors (Lipinski definition) is 7. The topological polar surface area (TPSA) is 72.0 Å². The van der Waals surface area contributed by atoms with E-state index in [1.54, 1.807) is 25.6 Å². The molecule has 0 amide bonds. The summed E-state index contributed by atoms with van der Waals surface area (Å²) in [6.07, 6.45) is 0.669. The first kappa shape index (κ1) is 24.1. The average Bonchev–Trinajstić information content (AvgIpc) is 3.29. The monoisotopic (exact) mass is 527 g/mol. The van der Waals surface area contributed by atoms with E-state index in [1.165, 1.54) is 22.5 Å². The highest BCUT2D eigenvalue weighted by molar-refractivity contribution is 7.89. The second-order valence-corrected chi connectivity index (χ2v) is 11.0.